The number of nitrogens with one attached hydrogen (secondary N) is 1. The average molecular weight is 213 g/mol. The maximum absolute atomic E-state index is 12.8. The van der Waals surface area contributed by atoms with Crippen molar-refractivity contribution < 1.29 is 8.78 Å². The topological polar surface area (TPSA) is 50.4 Å². The van der Waals surface area contributed by atoms with Gasteiger partial charge in [0.2, 0.25) is 0 Å². The second-order valence-corrected chi connectivity index (χ2v) is 3.02. The van der Waals surface area contributed by atoms with E-state index in [0.29, 0.717) is 12.2 Å². The molecule has 1 aromatic carbocycles. The molecule has 0 radical (unpaired) electrons. The van der Waals surface area contributed by atoms with E-state index >= 15 is 0 Å². The van der Waals surface area contributed by atoms with E-state index in [2.05, 4.69) is 10.3 Å². The Hall–Kier alpha value is -1.65. The molecule has 0 aliphatic rings. The van der Waals surface area contributed by atoms with Crippen molar-refractivity contribution in [1.82, 2.24) is 0 Å². The number of hydrogen-bond donors (Lipinski definition) is 2. The monoisotopic (exact) mass is 213 g/mol. The molecule has 0 saturated heterocycles. The predicted molar refractivity (Wildman–Crippen MR) is 56.8 cm³/mol. The molecular formula is C10H13F2N3. The Kier molecular flexibility index (Phi) is 4.03. The summed E-state index contributed by atoms with van der Waals surface area (Å²) in [5.41, 5.74) is 5.88. The molecule has 82 valence electrons. The van der Waals surface area contributed by atoms with Crippen LogP contribution in [0.3, 0.4) is 0 Å². The molecule has 1 aromatic rings. The molecule has 0 bridgehead atoms. The molecule has 3 nitrogen and oxygen atoms in total. The fraction of sp³-hybridized carbons (Fsp3) is 0.300. The lowest BCUT2D eigenvalue weighted by molar-refractivity contribution is 0.509. The zero-order chi connectivity index (χ0) is 11.3. The van der Waals surface area contributed by atoms with Crippen molar-refractivity contribution in [2.75, 3.05) is 11.9 Å². The van der Waals surface area contributed by atoms with Crippen molar-refractivity contribution in [2.45, 2.75) is 13.3 Å². The maximum Gasteiger partial charge on any atom is 0.193 e. The quantitative estimate of drug-likeness (QED) is 0.596. The van der Waals surface area contributed by atoms with E-state index in [9.17, 15) is 8.78 Å². The Morgan fingerprint density at radius 2 is 2.13 bits per heavy atom. The molecule has 0 spiro atoms. The van der Waals surface area contributed by atoms with E-state index in [-0.39, 0.29) is 5.96 Å². The van der Waals surface area contributed by atoms with E-state index in [0.717, 1.165) is 18.6 Å². The highest BCUT2D eigenvalue weighted by molar-refractivity contribution is 5.92. The summed E-state index contributed by atoms with van der Waals surface area (Å²) in [5.74, 6) is -1.60. The van der Waals surface area contributed by atoms with Gasteiger partial charge in [-0.15, -0.1) is 0 Å². The summed E-state index contributed by atoms with van der Waals surface area (Å²) in [7, 11) is 0. The normalized spacial score (nSPS) is 11.5. The highest BCUT2D eigenvalue weighted by atomic mass is 19.2. The van der Waals surface area contributed by atoms with E-state index in [1.165, 1.54) is 6.07 Å². The minimum Gasteiger partial charge on any atom is -0.370 e. The Balaban J connectivity index is 2.68. The highest BCUT2D eigenvalue weighted by Gasteiger charge is 2.02. The standard InChI is InChI=1S/C10H13F2N3/c1-2-5-14-10(13)15-7-3-4-8(11)9(12)6-7/h3-4,6H,2,5H2,1H3,(H3,13,14,15). The molecule has 0 amide bonds. The van der Waals surface area contributed by atoms with Crippen LogP contribution in [0.2, 0.25) is 0 Å². The largest absolute Gasteiger partial charge is 0.370 e. The second kappa shape index (κ2) is 5.29. The molecular weight excluding hydrogens is 200 g/mol. The van der Waals surface area contributed by atoms with Gasteiger partial charge in [-0.05, 0) is 18.6 Å². The molecule has 0 saturated carbocycles. The van der Waals surface area contributed by atoms with E-state index in [4.69, 9.17) is 5.73 Å². The zero-order valence-corrected chi connectivity index (χ0v) is 8.43. The van der Waals surface area contributed by atoms with Gasteiger partial charge >= 0.3 is 0 Å². The Morgan fingerprint density at radius 1 is 1.40 bits per heavy atom. The van der Waals surface area contributed by atoms with Crippen LogP contribution in [0.5, 0.6) is 0 Å². The molecule has 0 atom stereocenters. The first-order valence-corrected chi connectivity index (χ1v) is 4.65. The predicted octanol–water partition coefficient (Wildman–Crippen LogP) is 2.10. The van der Waals surface area contributed by atoms with Crippen LogP contribution in [0, 0.1) is 11.6 Å². The smallest absolute Gasteiger partial charge is 0.193 e. The zero-order valence-electron chi connectivity index (χ0n) is 8.43. The third-order valence-corrected chi connectivity index (χ3v) is 1.70. The fourth-order valence-electron chi connectivity index (χ4n) is 0.994. The van der Waals surface area contributed by atoms with Gasteiger partial charge in [-0.1, -0.05) is 6.92 Å². The number of nitrogens with zero attached hydrogens (tertiary/aromatic N) is 1. The summed E-state index contributed by atoms with van der Waals surface area (Å²) in [6.45, 7) is 2.57. The first-order chi connectivity index (χ1) is 7.13. The van der Waals surface area contributed by atoms with Gasteiger partial charge in [0, 0.05) is 18.3 Å². The molecule has 1 rings (SSSR count). The number of rotatable bonds is 3. The van der Waals surface area contributed by atoms with Crippen molar-refractivity contribution >= 4 is 11.6 Å². The van der Waals surface area contributed by atoms with Crippen LogP contribution in [0.4, 0.5) is 14.5 Å². The molecule has 0 aliphatic heterocycles. The van der Waals surface area contributed by atoms with Crippen molar-refractivity contribution in [3.8, 4) is 0 Å². The number of halogens is 2. The lowest BCUT2D eigenvalue weighted by Crippen LogP contribution is -2.22. The second-order valence-electron chi connectivity index (χ2n) is 3.02. The molecule has 0 aliphatic carbocycles. The molecule has 3 N–H and O–H groups in total. The number of benzene rings is 1. The van der Waals surface area contributed by atoms with Gasteiger partial charge in [0.1, 0.15) is 0 Å². The van der Waals surface area contributed by atoms with Crippen LogP contribution in [0.15, 0.2) is 23.2 Å². The van der Waals surface area contributed by atoms with Crippen LogP contribution in [-0.4, -0.2) is 12.5 Å². The van der Waals surface area contributed by atoms with Gasteiger partial charge in [0.15, 0.2) is 17.6 Å². The lowest BCUT2D eigenvalue weighted by atomic mass is 10.3. The molecule has 5 heteroatoms. The van der Waals surface area contributed by atoms with Crippen LogP contribution < -0.4 is 11.1 Å². The summed E-state index contributed by atoms with van der Waals surface area (Å²) in [6, 6.07) is 3.46. The van der Waals surface area contributed by atoms with E-state index in [1.807, 2.05) is 6.92 Å². The summed E-state index contributed by atoms with van der Waals surface area (Å²) in [4.78, 5) is 3.96. The highest BCUT2D eigenvalue weighted by Crippen LogP contribution is 2.12. The number of hydrogen-bond acceptors (Lipinski definition) is 1. The molecule has 0 heterocycles. The molecule has 0 fully saturated rings. The Morgan fingerprint density at radius 3 is 2.73 bits per heavy atom. The van der Waals surface area contributed by atoms with Crippen LogP contribution in [-0.2, 0) is 0 Å². The minimum absolute atomic E-state index is 0.197. The van der Waals surface area contributed by atoms with Crippen LogP contribution in [0.25, 0.3) is 0 Å². The number of nitrogens with two attached hydrogens (primary N) is 1. The van der Waals surface area contributed by atoms with Gasteiger partial charge in [0.05, 0.1) is 0 Å². The van der Waals surface area contributed by atoms with E-state index in [1.54, 1.807) is 0 Å². The van der Waals surface area contributed by atoms with Gasteiger partial charge in [-0.3, -0.25) is 4.99 Å². The minimum atomic E-state index is -0.914. The maximum atomic E-state index is 12.8. The van der Waals surface area contributed by atoms with Gasteiger partial charge in [-0.2, -0.15) is 0 Å². The average Bonchev–Trinajstić information content (AvgIpc) is 2.20. The Labute approximate surface area is 87.0 Å². The fourth-order valence-corrected chi connectivity index (χ4v) is 0.994. The summed E-state index contributed by atoms with van der Waals surface area (Å²) in [5, 5.41) is 2.67. The number of guanidine groups is 1. The lowest BCUT2D eigenvalue weighted by Gasteiger charge is -2.05. The molecule has 0 aromatic heterocycles. The SMILES string of the molecule is CCCN=C(N)Nc1ccc(F)c(F)c1. The third kappa shape index (κ3) is 3.53. The molecule has 0 unspecified atom stereocenters. The van der Waals surface area contributed by atoms with Gasteiger partial charge in [-0.25, -0.2) is 8.78 Å². The van der Waals surface area contributed by atoms with Crippen molar-refractivity contribution in [3.63, 3.8) is 0 Å². The van der Waals surface area contributed by atoms with Crippen molar-refractivity contribution in [3.05, 3.63) is 29.8 Å². The van der Waals surface area contributed by atoms with Crippen LogP contribution in [0.1, 0.15) is 13.3 Å². The summed E-state index contributed by atoms with van der Waals surface area (Å²) < 4.78 is 25.4. The molecule has 15 heavy (non-hydrogen) atoms. The first-order valence-electron chi connectivity index (χ1n) is 4.65. The third-order valence-electron chi connectivity index (χ3n) is 1.70. The number of anilines is 1. The first kappa shape index (κ1) is 11.4. The van der Waals surface area contributed by atoms with Crippen LogP contribution >= 0.6 is 0 Å². The van der Waals surface area contributed by atoms with E-state index < -0.39 is 11.6 Å². The Bertz CT molecular complexity index is 364. The van der Waals surface area contributed by atoms with Gasteiger partial charge in [0.25, 0.3) is 0 Å². The summed E-state index contributed by atoms with van der Waals surface area (Å²) in [6.07, 6.45) is 0.875. The van der Waals surface area contributed by atoms with Crippen molar-refractivity contribution in [2.24, 2.45) is 10.7 Å². The van der Waals surface area contributed by atoms with Crippen molar-refractivity contribution in [1.29, 1.82) is 0 Å². The van der Waals surface area contributed by atoms with Gasteiger partial charge < -0.3 is 11.1 Å². The summed E-state index contributed by atoms with van der Waals surface area (Å²) >= 11 is 0. The number of aliphatic imine (C=N–C) groups is 1.